The Labute approximate surface area is 133 Å². The molecule has 0 heterocycles. The summed E-state index contributed by atoms with van der Waals surface area (Å²) in [6.45, 7) is 11.0. The van der Waals surface area contributed by atoms with Crippen molar-refractivity contribution in [2.45, 2.75) is 97.9 Å². The third kappa shape index (κ3) is 5.58. The summed E-state index contributed by atoms with van der Waals surface area (Å²) in [5.74, 6) is 2.84. The van der Waals surface area contributed by atoms with Crippen molar-refractivity contribution in [3.05, 3.63) is 0 Å². The molecule has 2 rings (SSSR count). The first kappa shape index (κ1) is 17.3. The van der Waals surface area contributed by atoms with Crippen molar-refractivity contribution < 1.29 is 0 Å². The van der Waals surface area contributed by atoms with Gasteiger partial charge in [0, 0.05) is 6.04 Å². The van der Waals surface area contributed by atoms with Gasteiger partial charge in [0.05, 0.1) is 0 Å². The van der Waals surface area contributed by atoms with Crippen LogP contribution in [0.5, 0.6) is 0 Å². The van der Waals surface area contributed by atoms with Gasteiger partial charge in [0.15, 0.2) is 0 Å². The zero-order valence-corrected chi connectivity index (χ0v) is 15.1. The summed E-state index contributed by atoms with van der Waals surface area (Å²) in [7, 11) is 0. The molecule has 21 heavy (non-hydrogen) atoms. The predicted octanol–water partition coefficient (Wildman–Crippen LogP) is 5.79. The molecular formula is C20H39N. The van der Waals surface area contributed by atoms with Crippen LogP contribution in [-0.4, -0.2) is 12.6 Å². The summed E-state index contributed by atoms with van der Waals surface area (Å²) in [5, 5.41) is 3.90. The number of rotatable bonds is 4. The monoisotopic (exact) mass is 293 g/mol. The number of nitrogens with one attached hydrogen (secondary N) is 1. The Morgan fingerprint density at radius 2 is 1.43 bits per heavy atom. The van der Waals surface area contributed by atoms with E-state index in [-0.39, 0.29) is 0 Å². The molecule has 1 atom stereocenters. The average Bonchev–Trinajstić information content (AvgIpc) is 2.73. The van der Waals surface area contributed by atoms with Gasteiger partial charge >= 0.3 is 0 Å². The Morgan fingerprint density at radius 3 is 1.95 bits per heavy atom. The number of hydrogen-bond donors (Lipinski definition) is 1. The maximum Gasteiger partial charge on any atom is 0.00671 e. The van der Waals surface area contributed by atoms with Crippen LogP contribution >= 0.6 is 0 Å². The van der Waals surface area contributed by atoms with E-state index in [1.807, 2.05) is 0 Å². The third-order valence-electron chi connectivity index (χ3n) is 6.41. The molecule has 0 saturated heterocycles. The van der Waals surface area contributed by atoms with Crippen LogP contribution in [0.4, 0.5) is 0 Å². The first-order valence-corrected chi connectivity index (χ1v) is 9.70. The molecule has 1 heteroatoms. The highest BCUT2D eigenvalue weighted by atomic mass is 14.9. The minimum atomic E-state index is 0.520. The summed E-state index contributed by atoms with van der Waals surface area (Å²) in [6.07, 6.45) is 14.6. The highest BCUT2D eigenvalue weighted by Crippen LogP contribution is 2.39. The Kier molecular flexibility index (Phi) is 6.59. The normalized spacial score (nSPS) is 30.9. The second-order valence-electron chi connectivity index (χ2n) is 9.03. The molecule has 2 saturated carbocycles. The predicted molar refractivity (Wildman–Crippen MR) is 93.6 cm³/mol. The summed E-state index contributed by atoms with van der Waals surface area (Å²) < 4.78 is 0. The van der Waals surface area contributed by atoms with Gasteiger partial charge in [0.25, 0.3) is 0 Å². The van der Waals surface area contributed by atoms with Crippen LogP contribution in [0.2, 0.25) is 0 Å². The van der Waals surface area contributed by atoms with E-state index in [9.17, 15) is 0 Å². The van der Waals surface area contributed by atoms with Gasteiger partial charge in [0.1, 0.15) is 0 Å². The Balaban J connectivity index is 1.67. The van der Waals surface area contributed by atoms with Crippen LogP contribution in [0.1, 0.15) is 91.9 Å². The fraction of sp³-hybridized carbons (Fsp3) is 1.00. The molecular weight excluding hydrogens is 254 g/mol. The molecule has 1 N–H and O–H groups in total. The number of hydrogen-bond acceptors (Lipinski definition) is 1. The molecule has 0 unspecified atom stereocenters. The Bertz CT molecular complexity index is 275. The average molecular weight is 294 g/mol. The molecule has 0 aromatic carbocycles. The molecule has 2 aliphatic carbocycles. The van der Waals surface area contributed by atoms with Crippen LogP contribution < -0.4 is 5.32 Å². The third-order valence-corrected chi connectivity index (χ3v) is 6.41. The van der Waals surface area contributed by atoms with Gasteiger partial charge in [-0.3, -0.25) is 0 Å². The SMILES string of the molecule is C[C@H](NCC1CCC(C(C)(C)C)CC1)C1CCCCCC1. The fourth-order valence-corrected chi connectivity index (χ4v) is 4.56. The first-order chi connectivity index (χ1) is 9.97. The van der Waals surface area contributed by atoms with E-state index < -0.39 is 0 Å². The van der Waals surface area contributed by atoms with E-state index in [0.29, 0.717) is 5.41 Å². The van der Waals surface area contributed by atoms with Gasteiger partial charge in [0.2, 0.25) is 0 Å². The van der Waals surface area contributed by atoms with Crippen LogP contribution in [0.3, 0.4) is 0 Å². The van der Waals surface area contributed by atoms with Gasteiger partial charge < -0.3 is 5.32 Å². The molecule has 1 nitrogen and oxygen atoms in total. The lowest BCUT2D eigenvalue weighted by atomic mass is 9.70. The first-order valence-electron chi connectivity index (χ1n) is 9.70. The molecule has 2 fully saturated rings. The summed E-state index contributed by atoms with van der Waals surface area (Å²) >= 11 is 0. The van der Waals surface area contributed by atoms with E-state index in [1.165, 1.54) is 70.8 Å². The van der Waals surface area contributed by atoms with Gasteiger partial charge in [-0.1, -0.05) is 46.5 Å². The molecule has 0 amide bonds. The van der Waals surface area contributed by atoms with E-state index in [4.69, 9.17) is 0 Å². The van der Waals surface area contributed by atoms with Gasteiger partial charge in [-0.15, -0.1) is 0 Å². The van der Waals surface area contributed by atoms with Crippen LogP contribution in [-0.2, 0) is 0 Å². The van der Waals surface area contributed by atoms with Crippen LogP contribution in [0.15, 0.2) is 0 Å². The maximum absolute atomic E-state index is 3.90. The van der Waals surface area contributed by atoms with Crippen molar-refractivity contribution in [1.29, 1.82) is 0 Å². The van der Waals surface area contributed by atoms with Crippen molar-refractivity contribution >= 4 is 0 Å². The Morgan fingerprint density at radius 1 is 0.857 bits per heavy atom. The second-order valence-corrected chi connectivity index (χ2v) is 9.03. The molecule has 2 aliphatic rings. The van der Waals surface area contributed by atoms with Crippen molar-refractivity contribution in [2.75, 3.05) is 6.54 Å². The van der Waals surface area contributed by atoms with Gasteiger partial charge in [-0.25, -0.2) is 0 Å². The maximum atomic E-state index is 3.90. The van der Waals surface area contributed by atoms with Crippen molar-refractivity contribution in [1.82, 2.24) is 5.32 Å². The van der Waals surface area contributed by atoms with Crippen LogP contribution in [0, 0.1) is 23.2 Å². The molecule has 0 bridgehead atoms. The quantitative estimate of drug-likeness (QED) is 0.647. The summed E-state index contributed by atoms with van der Waals surface area (Å²) in [4.78, 5) is 0. The van der Waals surface area contributed by atoms with Crippen molar-refractivity contribution in [3.63, 3.8) is 0 Å². The van der Waals surface area contributed by atoms with E-state index in [0.717, 1.165) is 23.8 Å². The molecule has 0 aromatic rings. The van der Waals surface area contributed by atoms with Gasteiger partial charge in [-0.05, 0) is 75.2 Å². The Hall–Kier alpha value is -0.0400. The molecule has 0 spiro atoms. The highest BCUT2D eigenvalue weighted by Gasteiger charge is 2.30. The van der Waals surface area contributed by atoms with E-state index >= 15 is 0 Å². The van der Waals surface area contributed by atoms with E-state index in [2.05, 4.69) is 33.0 Å². The molecule has 124 valence electrons. The molecule has 0 radical (unpaired) electrons. The zero-order valence-electron chi connectivity index (χ0n) is 15.1. The highest BCUT2D eigenvalue weighted by molar-refractivity contribution is 4.82. The minimum Gasteiger partial charge on any atom is -0.314 e. The van der Waals surface area contributed by atoms with Crippen molar-refractivity contribution in [3.8, 4) is 0 Å². The summed E-state index contributed by atoms with van der Waals surface area (Å²) in [5.41, 5.74) is 0.520. The lowest BCUT2D eigenvalue weighted by molar-refractivity contribution is 0.146. The molecule has 0 aromatic heterocycles. The fourth-order valence-electron chi connectivity index (χ4n) is 4.56. The second kappa shape index (κ2) is 7.99. The van der Waals surface area contributed by atoms with Crippen molar-refractivity contribution in [2.24, 2.45) is 23.2 Å². The van der Waals surface area contributed by atoms with E-state index in [1.54, 1.807) is 0 Å². The van der Waals surface area contributed by atoms with Crippen LogP contribution in [0.25, 0.3) is 0 Å². The smallest absolute Gasteiger partial charge is 0.00671 e. The topological polar surface area (TPSA) is 12.0 Å². The summed E-state index contributed by atoms with van der Waals surface area (Å²) in [6, 6.07) is 0.739. The largest absolute Gasteiger partial charge is 0.314 e. The lowest BCUT2D eigenvalue weighted by Gasteiger charge is -2.37. The standard InChI is InChI=1S/C20H39N/c1-16(18-9-7-5-6-8-10-18)21-15-17-11-13-19(14-12-17)20(2,3)4/h16-19,21H,5-15H2,1-4H3/t16-,17?,19?/m0/s1. The zero-order chi connectivity index (χ0) is 15.3. The molecule has 0 aliphatic heterocycles. The minimum absolute atomic E-state index is 0.520. The lowest BCUT2D eigenvalue weighted by Crippen LogP contribution is -2.38. The van der Waals surface area contributed by atoms with Gasteiger partial charge in [-0.2, -0.15) is 0 Å².